The standard InChI is InChI=1S/C16H19NO6/c1-3-4-5-11(16(19)20)17-15(18)10-8-12(21-2)14-13(9-10)22-6-7-23-14/h3,8-9,11H,1,4-7H2,2H3,(H,17,18)(H,19,20). The molecular weight excluding hydrogens is 302 g/mol. The number of fused-ring (bicyclic) bond motifs is 1. The van der Waals surface area contributed by atoms with Gasteiger partial charge >= 0.3 is 5.97 Å². The molecule has 1 aliphatic heterocycles. The van der Waals surface area contributed by atoms with Crippen molar-refractivity contribution in [2.75, 3.05) is 20.3 Å². The molecule has 1 heterocycles. The number of benzene rings is 1. The Bertz CT molecular complexity index is 596. The van der Waals surface area contributed by atoms with Crippen LogP contribution in [0, 0.1) is 0 Å². The van der Waals surface area contributed by atoms with E-state index in [-0.39, 0.29) is 12.0 Å². The number of rotatable bonds is 7. The second-order valence-electron chi connectivity index (χ2n) is 4.93. The molecule has 1 aromatic rings. The summed E-state index contributed by atoms with van der Waals surface area (Å²) >= 11 is 0. The maximum atomic E-state index is 12.3. The molecule has 0 bridgehead atoms. The van der Waals surface area contributed by atoms with E-state index in [1.165, 1.54) is 19.2 Å². The number of methoxy groups -OCH3 is 1. The summed E-state index contributed by atoms with van der Waals surface area (Å²) in [4.78, 5) is 23.5. The van der Waals surface area contributed by atoms with Crippen LogP contribution in [-0.2, 0) is 4.79 Å². The van der Waals surface area contributed by atoms with Crippen LogP contribution < -0.4 is 19.5 Å². The van der Waals surface area contributed by atoms with Gasteiger partial charge in [-0.2, -0.15) is 0 Å². The van der Waals surface area contributed by atoms with Crippen molar-refractivity contribution in [3.63, 3.8) is 0 Å². The molecule has 1 aromatic carbocycles. The molecule has 0 radical (unpaired) electrons. The largest absolute Gasteiger partial charge is 0.493 e. The summed E-state index contributed by atoms with van der Waals surface area (Å²) < 4.78 is 16.1. The Labute approximate surface area is 133 Å². The SMILES string of the molecule is C=CCCC(NC(=O)c1cc(OC)c2c(c1)OCCO2)C(=O)O. The van der Waals surface area contributed by atoms with Crippen molar-refractivity contribution in [1.82, 2.24) is 5.32 Å². The normalized spacial score (nSPS) is 13.8. The van der Waals surface area contributed by atoms with E-state index >= 15 is 0 Å². The van der Waals surface area contributed by atoms with E-state index in [0.717, 1.165) is 0 Å². The molecular formula is C16H19NO6. The number of carboxylic acids is 1. The lowest BCUT2D eigenvalue weighted by atomic mass is 10.1. The molecule has 7 heteroatoms. The van der Waals surface area contributed by atoms with Gasteiger partial charge in [0, 0.05) is 5.56 Å². The molecule has 1 atom stereocenters. The zero-order valence-electron chi connectivity index (χ0n) is 12.8. The highest BCUT2D eigenvalue weighted by molar-refractivity contribution is 5.97. The lowest BCUT2D eigenvalue weighted by Crippen LogP contribution is -2.40. The van der Waals surface area contributed by atoms with Gasteiger partial charge in [-0.25, -0.2) is 4.79 Å². The maximum absolute atomic E-state index is 12.3. The number of hydrogen-bond donors (Lipinski definition) is 2. The first-order valence-corrected chi connectivity index (χ1v) is 7.19. The lowest BCUT2D eigenvalue weighted by Gasteiger charge is -2.21. The second-order valence-corrected chi connectivity index (χ2v) is 4.93. The number of amides is 1. The van der Waals surface area contributed by atoms with Crippen molar-refractivity contribution in [1.29, 1.82) is 0 Å². The van der Waals surface area contributed by atoms with Crippen molar-refractivity contribution < 1.29 is 28.9 Å². The molecule has 0 spiro atoms. The van der Waals surface area contributed by atoms with Gasteiger partial charge in [-0.3, -0.25) is 4.79 Å². The van der Waals surface area contributed by atoms with Gasteiger partial charge in [-0.15, -0.1) is 6.58 Å². The Hall–Kier alpha value is -2.70. The van der Waals surface area contributed by atoms with Gasteiger partial charge in [0.05, 0.1) is 7.11 Å². The number of aliphatic carboxylic acids is 1. The van der Waals surface area contributed by atoms with Crippen molar-refractivity contribution in [2.45, 2.75) is 18.9 Å². The molecule has 0 aromatic heterocycles. The molecule has 0 aliphatic carbocycles. The first-order valence-electron chi connectivity index (χ1n) is 7.19. The summed E-state index contributed by atoms with van der Waals surface area (Å²) in [7, 11) is 1.46. The number of nitrogens with one attached hydrogen (secondary N) is 1. The summed E-state index contributed by atoms with van der Waals surface area (Å²) in [5.41, 5.74) is 0.246. The highest BCUT2D eigenvalue weighted by Gasteiger charge is 2.24. The van der Waals surface area contributed by atoms with Crippen LogP contribution in [0.25, 0.3) is 0 Å². The molecule has 124 valence electrons. The van der Waals surface area contributed by atoms with E-state index in [1.54, 1.807) is 6.08 Å². The van der Waals surface area contributed by atoms with Crippen molar-refractivity contribution >= 4 is 11.9 Å². The van der Waals surface area contributed by atoms with E-state index in [1.807, 2.05) is 0 Å². The van der Waals surface area contributed by atoms with E-state index in [2.05, 4.69) is 11.9 Å². The third-order valence-corrected chi connectivity index (χ3v) is 3.35. The first kappa shape index (κ1) is 16.7. The minimum absolute atomic E-state index is 0.246. The molecule has 1 amide bonds. The predicted octanol–water partition coefficient (Wildman–Crippen LogP) is 1.62. The Balaban J connectivity index is 2.21. The van der Waals surface area contributed by atoms with Crippen LogP contribution in [0.3, 0.4) is 0 Å². The van der Waals surface area contributed by atoms with Gasteiger partial charge in [0.1, 0.15) is 19.3 Å². The fraction of sp³-hybridized carbons (Fsp3) is 0.375. The molecule has 1 unspecified atom stereocenters. The average molecular weight is 321 g/mol. The van der Waals surface area contributed by atoms with Crippen molar-refractivity contribution in [3.8, 4) is 17.2 Å². The van der Waals surface area contributed by atoms with E-state index in [9.17, 15) is 14.7 Å². The van der Waals surface area contributed by atoms with Crippen LogP contribution in [0.4, 0.5) is 0 Å². The summed E-state index contributed by atoms with van der Waals surface area (Å²) in [6, 6.07) is 2.02. The molecule has 0 fully saturated rings. The maximum Gasteiger partial charge on any atom is 0.326 e. The van der Waals surface area contributed by atoms with Crippen LogP contribution in [0.1, 0.15) is 23.2 Å². The fourth-order valence-electron chi connectivity index (χ4n) is 2.19. The zero-order valence-corrected chi connectivity index (χ0v) is 12.8. The molecule has 0 saturated carbocycles. The third-order valence-electron chi connectivity index (χ3n) is 3.35. The first-order chi connectivity index (χ1) is 11.1. The topological polar surface area (TPSA) is 94.1 Å². The number of carbonyl (C=O) groups excluding carboxylic acids is 1. The molecule has 23 heavy (non-hydrogen) atoms. The quantitative estimate of drug-likeness (QED) is 0.741. The highest BCUT2D eigenvalue weighted by atomic mass is 16.6. The smallest absolute Gasteiger partial charge is 0.326 e. The van der Waals surface area contributed by atoms with Gasteiger partial charge in [-0.1, -0.05) is 6.08 Å². The van der Waals surface area contributed by atoms with Gasteiger partial charge in [-0.05, 0) is 25.0 Å². The van der Waals surface area contributed by atoms with Gasteiger partial charge in [0.15, 0.2) is 11.5 Å². The van der Waals surface area contributed by atoms with E-state index < -0.39 is 17.9 Å². The van der Waals surface area contributed by atoms with Gasteiger partial charge in [0.2, 0.25) is 5.75 Å². The average Bonchev–Trinajstić information content (AvgIpc) is 2.56. The minimum Gasteiger partial charge on any atom is -0.493 e. The Morgan fingerprint density at radius 3 is 2.83 bits per heavy atom. The van der Waals surface area contributed by atoms with Crippen molar-refractivity contribution in [2.24, 2.45) is 0 Å². The number of ether oxygens (including phenoxy) is 3. The monoisotopic (exact) mass is 321 g/mol. The van der Waals surface area contributed by atoms with Crippen LogP contribution >= 0.6 is 0 Å². The lowest BCUT2D eigenvalue weighted by molar-refractivity contribution is -0.139. The van der Waals surface area contributed by atoms with E-state index in [4.69, 9.17) is 14.2 Å². The Morgan fingerprint density at radius 1 is 1.43 bits per heavy atom. The third kappa shape index (κ3) is 3.94. The number of hydrogen-bond acceptors (Lipinski definition) is 5. The summed E-state index contributed by atoms with van der Waals surface area (Å²) in [6.07, 6.45) is 2.36. The van der Waals surface area contributed by atoms with Crippen LogP contribution in [0.15, 0.2) is 24.8 Å². The highest BCUT2D eigenvalue weighted by Crippen LogP contribution is 2.40. The Morgan fingerprint density at radius 2 is 2.17 bits per heavy atom. The molecule has 2 rings (SSSR count). The molecule has 1 aliphatic rings. The summed E-state index contributed by atoms with van der Waals surface area (Å²) in [6.45, 7) is 4.32. The molecule has 2 N–H and O–H groups in total. The molecule has 7 nitrogen and oxygen atoms in total. The van der Waals surface area contributed by atoms with Crippen LogP contribution in [0.2, 0.25) is 0 Å². The van der Waals surface area contributed by atoms with Crippen LogP contribution in [0.5, 0.6) is 17.2 Å². The molecule has 0 saturated heterocycles. The minimum atomic E-state index is -1.09. The van der Waals surface area contributed by atoms with Crippen LogP contribution in [-0.4, -0.2) is 43.3 Å². The van der Waals surface area contributed by atoms with Gasteiger partial charge in [0.25, 0.3) is 5.91 Å². The summed E-state index contributed by atoms with van der Waals surface area (Å²) in [5.74, 6) is -0.401. The number of carbonyl (C=O) groups is 2. The van der Waals surface area contributed by atoms with Gasteiger partial charge < -0.3 is 24.6 Å². The summed E-state index contributed by atoms with van der Waals surface area (Å²) in [5, 5.41) is 11.7. The number of allylic oxidation sites excluding steroid dienone is 1. The zero-order chi connectivity index (χ0) is 16.8. The van der Waals surface area contributed by atoms with Crippen molar-refractivity contribution in [3.05, 3.63) is 30.4 Å². The fourth-order valence-corrected chi connectivity index (χ4v) is 2.19. The Kier molecular flexibility index (Phi) is 5.46. The second kappa shape index (κ2) is 7.53. The van der Waals surface area contributed by atoms with E-state index in [0.29, 0.717) is 36.9 Å². The number of carboxylic acid groups (broad SMARTS) is 1. The predicted molar refractivity (Wildman–Crippen MR) is 82.3 cm³/mol.